The fraction of sp³-hybridized carbons (Fsp3) is 0.385. The number of nitrogens with zero attached hydrogens (tertiary/aromatic N) is 3. The van der Waals surface area contributed by atoms with Crippen molar-refractivity contribution >= 4 is 0 Å². The van der Waals surface area contributed by atoms with Gasteiger partial charge in [-0.2, -0.15) is 0 Å². The topological polar surface area (TPSA) is 50.9 Å². The number of rotatable bonds is 5. The van der Waals surface area contributed by atoms with Gasteiger partial charge in [0, 0.05) is 19.9 Å². The van der Waals surface area contributed by atoms with Gasteiger partial charge in [-0.25, -0.2) is 0 Å². The van der Waals surface area contributed by atoms with Gasteiger partial charge in [-0.15, -0.1) is 5.10 Å². The molecule has 1 aromatic carbocycles. The number of hydrogen-bond donors (Lipinski definition) is 1. The molecule has 0 radical (unpaired) electrons. The van der Waals surface area contributed by atoms with Crippen molar-refractivity contribution in [1.82, 2.24) is 15.0 Å². The first-order chi connectivity index (χ1) is 8.28. The summed E-state index contributed by atoms with van der Waals surface area (Å²) in [6.45, 7) is 0.172. The molecule has 0 amide bonds. The molecule has 17 heavy (non-hydrogen) atoms. The average molecular weight is 231 g/mol. The monoisotopic (exact) mass is 231 g/mol. The molecule has 1 aromatic heterocycles. The molecule has 1 atom stereocenters. The summed E-state index contributed by atoms with van der Waals surface area (Å²) in [5, 5.41) is 17.3. The van der Waals surface area contributed by atoms with Crippen LogP contribution in [0.2, 0.25) is 0 Å². The van der Waals surface area contributed by atoms with Gasteiger partial charge in [0.2, 0.25) is 0 Å². The van der Waals surface area contributed by atoms with Gasteiger partial charge in [0.15, 0.2) is 0 Å². The predicted molar refractivity (Wildman–Crippen MR) is 65.4 cm³/mol. The van der Waals surface area contributed by atoms with Gasteiger partial charge in [0.25, 0.3) is 0 Å². The molecule has 4 nitrogen and oxygen atoms in total. The van der Waals surface area contributed by atoms with E-state index in [0.29, 0.717) is 0 Å². The van der Waals surface area contributed by atoms with E-state index in [9.17, 15) is 5.11 Å². The molecule has 4 heteroatoms. The number of aromatic nitrogens is 3. The predicted octanol–water partition coefficient (Wildman–Crippen LogP) is 1.21. The zero-order valence-electron chi connectivity index (χ0n) is 9.95. The Morgan fingerprint density at radius 2 is 2.00 bits per heavy atom. The summed E-state index contributed by atoms with van der Waals surface area (Å²) in [4.78, 5) is 0. The van der Waals surface area contributed by atoms with Crippen molar-refractivity contribution in [1.29, 1.82) is 0 Å². The number of hydrogen-bond acceptors (Lipinski definition) is 3. The number of aliphatic hydroxyl groups is 1. The summed E-state index contributed by atoms with van der Waals surface area (Å²) in [5.41, 5.74) is 2.18. The van der Waals surface area contributed by atoms with Crippen LogP contribution in [0.1, 0.15) is 11.3 Å². The highest BCUT2D eigenvalue weighted by Crippen LogP contribution is 2.12. The highest BCUT2D eigenvalue weighted by Gasteiger charge is 2.11. The molecule has 0 saturated heterocycles. The Labute approximate surface area is 101 Å². The summed E-state index contributed by atoms with van der Waals surface area (Å²) in [5.74, 6) is 0.203. The molecule has 2 aromatic rings. The van der Waals surface area contributed by atoms with Gasteiger partial charge < -0.3 is 5.11 Å². The van der Waals surface area contributed by atoms with Crippen molar-refractivity contribution in [3.05, 3.63) is 47.8 Å². The maximum absolute atomic E-state index is 9.40. The first-order valence-electron chi connectivity index (χ1n) is 5.78. The fourth-order valence-electron chi connectivity index (χ4n) is 1.93. The molecule has 90 valence electrons. The van der Waals surface area contributed by atoms with Crippen molar-refractivity contribution in [2.45, 2.75) is 12.8 Å². The molecule has 0 bridgehead atoms. The molecular formula is C13H17N3O. The maximum Gasteiger partial charge on any atom is 0.0830 e. The first-order valence-corrected chi connectivity index (χ1v) is 5.78. The van der Waals surface area contributed by atoms with E-state index in [1.165, 1.54) is 5.56 Å². The van der Waals surface area contributed by atoms with Crippen molar-refractivity contribution in [2.24, 2.45) is 13.0 Å². The van der Waals surface area contributed by atoms with Gasteiger partial charge >= 0.3 is 0 Å². The summed E-state index contributed by atoms with van der Waals surface area (Å²) >= 11 is 0. The normalized spacial score (nSPS) is 12.6. The minimum atomic E-state index is 0.172. The summed E-state index contributed by atoms with van der Waals surface area (Å²) in [7, 11) is 1.85. The van der Waals surface area contributed by atoms with E-state index in [2.05, 4.69) is 22.4 Å². The Balaban J connectivity index is 1.98. The lowest BCUT2D eigenvalue weighted by Crippen LogP contribution is -2.13. The third kappa shape index (κ3) is 3.39. The van der Waals surface area contributed by atoms with Crippen LogP contribution >= 0.6 is 0 Å². The van der Waals surface area contributed by atoms with Gasteiger partial charge in [-0.3, -0.25) is 4.68 Å². The molecule has 0 aliphatic rings. The summed E-state index contributed by atoms with van der Waals surface area (Å²) in [6.07, 6.45) is 3.53. The molecule has 1 N–H and O–H groups in total. The van der Waals surface area contributed by atoms with Gasteiger partial charge in [-0.05, 0) is 24.3 Å². The average Bonchev–Trinajstić information content (AvgIpc) is 2.75. The van der Waals surface area contributed by atoms with Crippen LogP contribution in [0.3, 0.4) is 0 Å². The minimum absolute atomic E-state index is 0.172. The lowest BCUT2D eigenvalue weighted by atomic mass is 9.96. The third-order valence-corrected chi connectivity index (χ3v) is 2.77. The second-order valence-corrected chi connectivity index (χ2v) is 4.33. The Morgan fingerprint density at radius 1 is 1.24 bits per heavy atom. The molecule has 0 saturated carbocycles. The molecule has 0 spiro atoms. The van der Waals surface area contributed by atoms with Crippen molar-refractivity contribution < 1.29 is 5.11 Å². The molecule has 0 aliphatic heterocycles. The van der Waals surface area contributed by atoms with E-state index >= 15 is 0 Å². The van der Waals surface area contributed by atoms with Crippen LogP contribution in [0.15, 0.2) is 36.5 Å². The second kappa shape index (κ2) is 5.59. The number of benzene rings is 1. The Bertz CT molecular complexity index is 453. The van der Waals surface area contributed by atoms with E-state index < -0.39 is 0 Å². The molecule has 2 rings (SSSR count). The van der Waals surface area contributed by atoms with E-state index in [-0.39, 0.29) is 12.5 Å². The van der Waals surface area contributed by atoms with Crippen molar-refractivity contribution in [3.63, 3.8) is 0 Å². The van der Waals surface area contributed by atoms with Crippen molar-refractivity contribution in [3.8, 4) is 0 Å². The van der Waals surface area contributed by atoms with Crippen LogP contribution in [-0.4, -0.2) is 26.7 Å². The number of aliphatic hydroxyl groups excluding tert-OH is 1. The van der Waals surface area contributed by atoms with Crippen molar-refractivity contribution in [2.75, 3.05) is 6.61 Å². The third-order valence-electron chi connectivity index (χ3n) is 2.77. The molecule has 0 fully saturated rings. The smallest absolute Gasteiger partial charge is 0.0830 e. The van der Waals surface area contributed by atoms with Crippen LogP contribution < -0.4 is 0 Å². The van der Waals surface area contributed by atoms with Crippen LogP contribution in [0.4, 0.5) is 0 Å². The minimum Gasteiger partial charge on any atom is -0.396 e. The van der Waals surface area contributed by atoms with Gasteiger partial charge in [0.05, 0.1) is 5.69 Å². The van der Waals surface area contributed by atoms with Crippen LogP contribution in [0.5, 0.6) is 0 Å². The van der Waals surface area contributed by atoms with E-state index in [4.69, 9.17) is 0 Å². The SMILES string of the molecule is Cn1cc(CC(CO)Cc2ccccc2)nn1. The zero-order valence-corrected chi connectivity index (χ0v) is 9.95. The number of aryl methyl sites for hydroxylation is 1. The lowest BCUT2D eigenvalue weighted by molar-refractivity contribution is 0.224. The Morgan fingerprint density at radius 3 is 2.59 bits per heavy atom. The first kappa shape index (κ1) is 11.8. The van der Waals surface area contributed by atoms with E-state index in [0.717, 1.165) is 18.5 Å². The summed E-state index contributed by atoms with van der Waals surface area (Å²) in [6, 6.07) is 10.2. The standard InChI is InChI=1S/C13H17N3O/c1-16-9-13(14-15-16)8-12(10-17)7-11-5-3-2-4-6-11/h2-6,9,12,17H,7-8,10H2,1H3. The van der Waals surface area contributed by atoms with E-state index in [1.54, 1.807) is 4.68 Å². The lowest BCUT2D eigenvalue weighted by Gasteiger charge is -2.12. The van der Waals surface area contributed by atoms with E-state index in [1.807, 2.05) is 31.4 Å². The highest BCUT2D eigenvalue weighted by atomic mass is 16.3. The van der Waals surface area contributed by atoms with Gasteiger partial charge in [-0.1, -0.05) is 35.5 Å². The molecule has 0 aliphatic carbocycles. The Hall–Kier alpha value is -1.68. The van der Waals surface area contributed by atoms with Crippen LogP contribution in [0.25, 0.3) is 0 Å². The van der Waals surface area contributed by atoms with Gasteiger partial charge in [0.1, 0.15) is 0 Å². The zero-order chi connectivity index (χ0) is 12.1. The fourth-order valence-corrected chi connectivity index (χ4v) is 1.93. The summed E-state index contributed by atoms with van der Waals surface area (Å²) < 4.78 is 1.69. The second-order valence-electron chi connectivity index (χ2n) is 4.33. The molecule has 1 unspecified atom stereocenters. The quantitative estimate of drug-likeness (QED) is 0.841. The van der Waals surface area contributed by atoms with Crippen LogP contribution in [0, 0.1) is 5.92 Å². The molecule has 1 heterocycles. The maximum atomic E-state index is 9.40. The highest BCUT2D eigenvalue weighted by molar-refractivity contribution is 5.15. The Kier molecular flexibility index (Phi) is 3.88. The van der Waals surface area contributed by atoms with Crippen LogP contribution in [-0.2, 0) is 19.9 Å². The largest absolute Gasteiger partial charge is 0.396 e. The molecular weight excluding hydrogens is 214 g/mol.